The van der Waals surface area contributed by atoms with Gasteiger partial charge in [0.15, 0.2) is 0 Å². The molecule has 0 aromatic rings. The third kappa shape index (κ3) is 9.31. The highest BCUT2D eigenvalue weighted by Crippen LogP contribution is 2.23. The number of rotatable bonds is 5. The molecule has 5 heteroatoms. The van der Waals surface area contributed by atoms with Crippen molar-refractivity contribution in [3.05, 3.63) is 11.6 Å². The Morgan fingerprint density at radius 1 is 1.40 bits per heavy atom. The number of esters is 1. The van der Waals surface area contributed by atoms with Crippen LogP contribution in [0.3, 0.4) is 0 Å². The second-order valence-electron chi connectivity index (χ2n) is 3.21. The van der Waals surface area contributed by atoms with Gasteiger partial charge in [-0.05, 0) is 26.7 Å². The van der Waals surface area contributed by atoms with Gasteiger partial charge in [0.05, 0.1) is 6.61 Å². The summed E-state index contributed by atoms with van der Waals surface area (Å²) in [4.78, 5) is 10.9. The third-order valence-electron chi connectivity index (χ3n) is 1.68. The van der Waals surface area contributed by atoms with Gasteiger partial charge in [0.2, 0.25) is 0 Å². The molecule has 0 N–H and O–H groups in total. The molecule has 0 unspecified atom stereocenters. The fraction of sp³-hybridized carbons (Fsp3) is 0.700. The molecule has 88 valence electrons. The van der Waals surface area contributed by atoms with Crippen molar-refractivity contribution >= 4 is 5.97 Å². The van der Waals surface area contributed by atoms with E-state index in [4.69, 9.17) is 0 Å². The zero-order chi connectivity index (χ0) is 11.9. The minimum atomic E-state index is -4.12. The average molecular weight is 224 g/mol. The standard InChI is InChI=1S/C10H15F3O2/c1-3-15-9(14)7-8(2)5-4-6-10(11,12)13/h7H,3-6H2,1-2H3/b8-7+. The first-order chi connectivity index (χ1) is 6.85. The van der Waals surface area contributed by atoms with Gasteiger partial charge in [0.1, 0.15) is 0 Å². The van der Waals surface area contributed by atoms with Gasteiger partial charge in [-0.1, -0.05) is 5.57 Å². The van der Waals surface area contributed by atoms with E-state index < -0.39 is 18.6 Å². The number of ether oxygens (including phenoxy) is 1. The van der Waals surface area contributed by atoms with Crippen LogP contribution in [-0.2, 0) is 9.53 Å². The number of halogens is 3. The number of hydrogen-bond donors (Lipinski definition) is 0. The molecule has 0 aromatic carbocycles. The molecule has 2 nitrogen and oxygen atoms in total. The van der Waals surface area contributed by atoms with Crippen molar-refractivity contribution in [3.63, 3.8) is 0 Å². The SMILES string of the molecule is CCOC(=O)/C=C(\C)CCCC(F)(F)F. The Hall–Kier alpha value is -1.00. The first kappa shape index (κ1) is 14.0. The van der Waals surface area contributed by atoms with Crippen LogP contribution in [0.1, 0.15) is 33.1 Å². The lowest BCUT2D eigenvalue weighted by atomic mass is 10.1. The molecule has 0 amide bonds. The Balaban J connectivity index is 3.83. The second-order valence-corrected chi connectivity index (χ2v) is 3.21. The Bertz CT molecular complexity index is 231. The highest BCUT2D eigenvalue weighted by molar-refractivity contribution is 5.82. The maximum atomic E-state index is 11.8. The number of allylic oxidation sites excluding steroid dienone is 1. The van der Waals surface area contributed by atoms with Gasteiger partial charge in [-0.3, -0.25) is 0 Å². The molecule has 0 bridgehead atoms. The number of carbonyl (C=O) groups is 1. The van der Waals surface area contributed by atoms with Gasteiger partial charge in [0.25, 0.3) is 0 Å². The molecule has 0 spiro atoms. The van der Waals surface area contributed by atoms with Crippen LogP contribution in [0.5, 0.6) is 0 Å². The summed E-state index contributed by atoms with van der Waals surface area (Å²) in [7, 11) is 0. The summed E-state index contributed by atoms with van der Waals surface area (Å²) in [6.45, 7) is 3.56. The summed E-state index contributed by atoms with van der Waals surface area (Å²) in [5.41, 5.74) is 0.609. The van der Waals surface area contributed by atoms with E-state index in [1.165, 1.54) is 6.08 Å². The van der Waals surface area contributed by atoms with Crippen molar-refractivity contribution in [2.75, 3.05) is 6.61 Å². The molecule has 15 heavy (non-hydrogen) atoms. The van der Waals surface area contributed by atoms with Gasteiger partial charge < -0.3 is 4.74 Å². The van der Waals surface area contributed by atoms with Crippen molar-refractivity contribution in [1.82, 2.24) is 0 Å². The van der Waals surface area contributed by atoms with Crippen LogP contribution in [0.25, 0.3) is 0 Å². The Labute approximate surface area is 87.1 Å². The fourth-order valence-corrected chi connectivity index (χ4v) is 1.02. The van der Waals surface area contributed by atoms with E-state index in [0.717, 1.165) is 0 Å². The van der Waals surface area contributed by atoms with Crippen molar-refractivity contribution in [2.24, 2.45) is 0 Å². The Kier molecular flexibility index (Phi) is 6.05. The number of carbonyl (C=O) groups excluding carboxylic acids is 1. The first-order valence-electron chi connectivity index (χ1n) is 4.76. The fourth-order valence-electron chi connectivity index (χ4n) is 1.02. The predicted octanol–water partition coefficient (Wildman–Crippen LogP) is 3.23. The quantitative estimate of drug-likeness (QED) is 0.529. The molecule has 0 heterocycles. The van der Waals surface area contributed by atoms with E-state index in [1.54, 1.807) is 13.8 Å². The molecule has 0 rings (SSSR count). The van der Waals surface area contributed by atoms with Gasteiger partial charge in [-0.2, -0.15) is 13.2 Å². The minimum absolute atomic E-state index is 0.00520. The van der Waals surface area contributed by atoms with Crippen LogP contribution in [-0.4, -0.2) is 18.8 Å². The molecule has 0 aromatic heterocycles. The predicted molar refractivity (Wildman–Crippen MR) is 50.3 cm³/mol. The Morgan fingerprint density at radius 2 is 2.00 bits per heavy atom. The molecule has 0 aliphatic heterocycles. The molecule has 0 atom stereocenters. The van der Waals surface area contributed by atoms with Crippen LogP contribution in [0.2, 0.25) is 0 Å². The minimum Gasteiger partial charge on any atom is -0.463 e. The monoisotopic (exact) mass is 224 g/mol. The van der Waals surface area contributed by atoms with E-state index >= 15 is 0 Å². The lowest BCUT2D eigenvalue weighted by molar-refractivity contribution is -0.137. The van der Waals surface area contributed by atoms with Crippen LogP contribution in [0.15, 0.2) is 11.6 Å². The molecule has 0 saturated carbocycles. The highest BCUT2D eigenvalue weighted by atomic mass is 19.4. The maximum Gasteiger partial charge on any atom is 0.389 e. The van der Waals surface area contributed by atoms with Crippen LogP contribution < -0.4 is 0 Å². The average Bonchev–Trinajstić information content (AvgIpc) is 2.01. The van der Waals surface area contributed by atoms with Gasteiger partial charge in [-0.15, -0.1) is 0 Å². The molecule has 0 saturated heterocycles. The highest BCUT2D eigenvalue weighted by Gasteiger charge is 2.25. The van der Waals surface area contributed by atoms with Gasteiger partial charge in [-0.25, -0.2) is 4.79 Å². The summed E-state index contributed by atoms with van der Waals surface area (Å²) < 4.78 is 40.0. The molecule has 0 fully saturated rings. The molecule has 0 radical (unpaired) electrons. The molecular formula is C10H15F3O2. The first-order valence-corrected chi connectivity index (χ1v) is 4.76. The van der Waals surface area contributed by atoms with E-state index in [-0.39, 0.29) is 19.4 Å². The summed E-state index contributed by atoms with van der Waals surface area (Å²) >= 11 is 0. The van der Waals surface area contributed by atoms with E-state index in [9.17, 15) is 18.0 Å². The summed E-state index contributed by atoms with van der Waals surface area (Å²) in [5, 5.41) is 0. The zero-order valence-electron chi connectivity index (χ0n) is 8.86. The van der Waals surface area contributed by atoms with E-state index in [2.05, 4.69) is 4.74 Å². The van der Waals surface area contributed by atoms with Crippen molar-refractivity contribution < 1.29 is 22.7 Å². The molecular weight excluding hydrogens is 209 g/mol. The zero-order valence-corrected chi connectivity index (χ0v) is 8.86. The topological polar surface area (TPSA) is 26.3 Å². The summed E-state index contributed by atoms with van der Waals surface area (Å²) in [5.74, 6) is -0.498. The van der Waals surface area contributed by atoms with Crippen LogP contribution in [0, 0.1) is 0 Å². The van der Waals surface area contributed by atoms with Crippen molar-refractivity contribution in [1.29, 1.82) is 0 Å². The van der Waals surface area contributed by atoms with E-state index in [1.807, 2.05) is 0 Å². The summed E-state index contributed by atoms with van der Waals surface area (Å²) in [6.07, 6.45) is -3.44. The smallest absolute Gasteiger partial charge is 0.389 e. The van der Waals surface area contributed by atoms with Crippen LogP contribution in [0.4, 0.5) is 13.2 Å². The summed E-state index contributed by atoms with van der Waals surface area (Å²) in [6, 6.07) is 0. The second kappa shape index (κ2) is 6.48. The lowest BCUT2D eigenvalue weighted by Gasteiger charge is -2.05. The largest absolute Gasteiger partial charge is 0.463 e. The van der Waals surface area contributed by atoms with Gasteiger partial charge in [0, 0.05) is 12.5 Å². The Morgan fingerprint density at radius 3 is 2.47 bits per heavy atom. The maximum absolute atomic E-state index is 11.8. The number of alkyl halides is 3. The van der Waals surface area contributed by atoms with Crippen molar-refractivity contribution in [3.8, 4) is 0 Å². The van der Waals surface area contributed by atoms with Crippen LogP contribution >= 0.6 is 0 Å². The number of hydrogen-bond acceptors (Lipinski definition) is 2. The molecule has 0 aliphatic carbocycles. The molecule has 0 aliphatic rings. The lowest BCUT2D eigenvalue weighted by Crippen LogP contribution is -2.06. The van der Waals surface area contributed by atoms with Gasteiger partial charge >= 0.3 is 12.1 Å². The van der Waals surface area contributed by atoms with Crippen molar-refractivity contribution in [2.45, 2.75) is 39.3 Å². The van der Waals surface area contributed by atoms with E-state index in [0.29, 0.717) is 5.57 Å². The normalized spacial score (nSPS) is 12.7. The third-order valence-corrected chi connectivity index (χ3v) is 1.68.